The van der Waals surface area contributed by atoms with Crippen molar-refractivity contribution in [1.82, 2.24) is 0 Å². The predicted octanol–water partition coefficient (Wildman–Crippen LogP) is 3.61. The standard InChI is InChI=1S/C15H23NO2/c1-2-18-15(17)12-8-3-4-9-13-16-14-10-6-5-7-11-14/h5-7,10-11,16H,2-4,8-9,12-13H2,1H3. The number of nitrogens with one attached hydrogen (secondary N) is 1. The Hall–Kier alpha value is -1.51. The molecule has 0 saturated carbocycles. The van der Waals surface area contributed by atoms with Crippen LogP contribution in [0.4, 0.5) is 5.69 Å². The third kappa shape index (κ3) is 6.94. The Kier molecular flexibility index (Phi) is 7.69. The Balaban J connectivity index is 1.92. The molecule has 100 valence electrons. The van der Waals surface area contributed by atoms with Gasteiger partial charge in [0.25, 0.3) is 0 Å². The van der Waals surface area contributed by atoms with Gasteiger partial charge in [0.15, 0.2) is 0 Å². The molecule has 18 heavy (non-hydrogen) atoms. The van der Waals surface area contributed by atoms with Crippen LogP contribution in [-0.4, -0.2) is 19.1 Å². The molecule has 1 N–H and O–H groups in total. The van der Waals surface area contributed by atoms with Crippen molar-refractivity contribution >= 4 is 11.7 Å². The number of benzene rings is 1. The van der Waals surface area contributed by atoms with Crippen LogP contribution in [0.2, 0.25) is 0 Å². The lowest BCUT2D eigenvalue weighted by Gasteiger charge is -2.05. The highest BCUT2D eigenvalue weighted by Gasteiger charge is 2.00. The normalized spacial score (nSPS) is 10.1. The topological polar surface area (TPSA) is 38.3 Å². The van der Waals surface area contributed by atoms with Crippen LogP contribution in [0.1, 0.15) is 39.0 Å². The minimum atomic E-state index is -0.0695. The number of esters is 1. The number of carbonyl (C=O) groups is 1. The average Bonchev–Trinajstić information content (AvgIpc) is 2.39. The number of carbonyl (C=O) groups excluding carboxylic acids is 1. The lowest BCUT2D eigenvalue weighted by atomic mass is 10.1. The molecular formula is C15H23NO2. The maximum Gasteiger partial charge on any atom is 0.305 e. The minimum Gasteiger partial charge on any atom is -0.466 e. The molecule has 0 aliphatic rings. The number of anilines is 1. The average molecular weight is 249 g/mol. The molecule has 0 amide bonds. The van der Waals surface area contributed by atoms with Crippen LogP contribution in [0.5, 0.6) is 0 Å². The molecule has 0 spiro atoms. The Labute approximate surface area is 110 Å². The van der Waals surface area contributed by atoms with Crippen molar-refractivity contribution in [3.63, 3.8) is 0 Å². The van der Waals surface area contributed by atoms with Gasteiger partial charge >= 0.3 is 5.97 Å². The lowest BCUT2D eigenvalue weighted by molar-refractivity contribution is -0.143. The van der Waals surface area contributed by atoms with E-state index >= 15 is 0 Å². The monoisotopic (exact) mass is 249 g/mol. The van der Waals surface area contributed by atoms with Crippen molar-refractivity contribution in [3.8, 4) is 0 Å². The summed E-state index contributed by atoms with van der Waals surface area (Å²) >= 11 is 0. The van der Waals surface area contributed by atoms with Gasteiger partial charge in [0, 0.05) is 18.7 Å². The summed E-state index contributed by atoms with van der Waals surface area (Å²) < 4.78 is 4.88. The molecule has 1 aromatic carbocycles. The first-order chi connectivity index (χ1) is 8.83. The number of hydrogen-bond acceptors (Lipinski definition) is 3. The molecular weight excluding hydrogens is 226 g/mol. The van der Waals surface area contributed by atoms with E-state index < -0.39 is 0 Å². The molecule has 0 aromatic heterocycles. The smallest absolute Gasteiger partial charge is 0.305 e. The van der Waals surface area contributed by atoms with Crippen molar-refractivity contribution < 1.29 is 9.53 Å². The first-order valence-corrected chi connectivity index (χ1v) is 6.77. The third-order valence-corrected chi connectivity index (χ3v) is 2.72. The van der Waals surface area contributed by atoms with Gasteiger partial charge in [-0.1, -0.05) is 31.0 Å². The molecule has 1 aromatic rings. The molecule has 1 rings (SSSR count). The Morgan fingerprint density at radius 3 is 2.56 bits per heavy atom. The van der Waals surface area contributed by atoms with Crippen LogP contribution >= 0.6 is 0 Å². The van der Waals surface area contributed by atoms with Gasteiger partial charge in [0.05, 0.1) is 6.61 Å². The Morgan fingerprint density at radius 1 is 1.11 bits per heavy atom. The fraction of sp³-hybridized carbons (Fsp3) is 0.533. The molecule has 0 atom stereocenters. The van der Waals surface area contributed by atoms with Gasteiger partial charge in [-0.2, -0.15) is 0 Å². The zero-order valence-electron chi connectivity index (χ0n) is 11.2. The van der Waals surface area contributed by atoms with Crippen molar-refractivity contribution in [2.24, 2.45) is 0 Å². The quantitative estimate of drug-likeness (QED) is 0.536. The van der Waals surface area contributed by atoms with Crippen LogP contribution in [-0.2, 0) is 9.53 Å². The van der Waals surface area contributed by atoms with Gasteiger partial charge in [-0.3, -0.25) is 4.79 Å². The van der Waals surface area contributed by atoms with E-state index in [1.54, 1.807) is 0 Å². The van der Waals surface area contributed by atoms with E-state index in [0.29, 0.717) is 13.0 Å². The zero-order valence-corrected chi connectivity index (χ0v) is 11.2. The van der Waals surface area contributed by atoms with Crippen LogP contribution in [0.15, 0.2) is 30.3 Å². The summed E-state index contributed by atoms with van der Waals surface area (Å²) in [4.78, 5) is 11.1. The number of para-hydroxylation sites is 1. The van der Waals surface area contributed by atoms with Crippen molar-refractivity contribution in [2.75, 3.05) is 18.5 Å². The van der Waals surface area contributed by atoms with E-state index in [1.165, 1.54) is 5.69 Å². The Morgan fingerprint density at radius 2 is 1.83 bits per heavy atom. The van der Waals surface area contributed by atoms with Gasteiger partial charge in [0.2, 0.25) is 0 Å². The van der Waals surface area contributed by atoms with Gasteiger partial charge in [-0.05, 0) is 31.9 Å². The van der Waals surface area contributed by atoms with Crippen LogP contribution in [0.25, 0.3) is 0 Å². The largest absolute Gasteiger partial charge is 0.466 e. The molecule has 0 heterocycles. The second-order valence-electron chi connectivity index (χ2n) is 4.26. The fourth-order valence-electron chi connectivity index (χ4n) is 1.77. The van der Waals surface area contributed by atoms with E-state index in [9.17, 15) is 4.79 Å². The summed E-state index contributed by atoms with van der Waals surface area (Å²) in [5.41, 5.74) is 1.17. The fourth-order valence-corrected chi connectivity index (χ4v) is 1.77. The SMILES string of the molecule is CCOC(=O)CCCCCCNc1ccccc1. The van der Waals surface area contributed by atoms with E-state index in [2.05, 4.69) is 17.4 Å². The van der Waals surface area contributed by atoms with Crippen molar-refractivity contribution in [1.29, 1.82) is 0 Å². The van der Waals surface area contributed by atoms with Crippen LogP contribution < -0.4 is 5.32 Å². The maximum absolute atomic E-state index is 11.1. The summed E-state index contributed by atoms with van der Waals surface area (Å²) in [6.45, 7) is 3.32. The second-order valence-corrected chi connectivity index (χ2v) is 4.26. The number of ether oxygens (including phenoxy) is 1. The summed E-state index contributed by atoms with van der Waals surface area (Å²) in [5.74, 6) is -0.0695. The molecule has 0 aliphatic heterocycles. The maximum atomic E-state index is 11.1. The van der Waals surface area contributed by atoms with Crippen LogP contribution in [0.3, 0.4) is 0 Å². The van der Waals surface area contributed by atoms with E-state index in [4.69, 9.17) is 4.74 Å². The van der Waals surface area contributed by atoms with Gasteiger partial charge in [0.1, 0.15) is 0 Å². The highest BCUT2D eigenvalue weighted by Crippen LogP contribution is 2.07. The van der Waals surface area contributed by atoms with Crippen molar-refractivity contribution in [2.45, 2.75) is 39.0 Å². The first kappa shape index (κ1) is 14.6. The molecule has 0 unspecified atom stereocenters. The predicted molar refractivity (Wildman–Crippen MR) is 74.6 cm³/mol. The lowest BCUT2D eigenvalue weighted by Crippen LogP contribution is -2.04. The summed E-state index contributed by atoms with van der Waals surface area (Å²) in [5, 5.41) is 3.37. The van der Waals surface area contributed by atoms with Crippen LogP contribution in [0, 0.1) is 0 Å². The Bertz CT molecular complexity index is 325. The first-order valence-electron chi connectivity index (χ1n) is 6.77. The minimum absolute atomic E-state index is 0.0695. The third-order valence-electron chi connectivity index (χ3n) is 2.72. The zero-order chi connectivity index (χ0) is 13.1. The van der Waals surface area contributed by atoms with E-state index in [0.717, 1.165) is 32.2 Å². The van der Waals surface area contributed by atoms with Crippen molar-refractivity contribution in [3.05, 3.63) is 30.3 Å². The summed E-state index contributed by atoms with van der Waals surface area (Å²) in [7, 11) is 0. The molecule has 0 saturated heterocycles. The highest BCUT2D eigenvalue weighted by molar-refractivity contribution is 5.69. The number of rotatable bonds is 9. The molecule has 0 bridgehead atoms. The summed E-state index contributed by atoms with van der Waals surface area (Å²) in [6.07, 6.45) is 4.87. The molecule has 0 fully saturated rings. The second kappa shape index (κ2) is 9.51. The number of unbranched alkanes of at least 4 members (excludes halogenated alkanes) is 3. The molecule has 3 nitrogen and oxygen atoms in total. The highest BCUT2D eigenvalue weighted by atomic mass is 16.5. The van der Waals surface area contributed by atoms with E-state index in [-0.39, 0.29) is 5.97 Å². The molecule has 0 aliphatic carbocycles. The van der Waals surface area contributed by atoms with Gasteiger partial charge < -0.3 is 10.1 Å². The van der Waals surface area contributed by atoms with Gasteiger partial charge in [-0.25, -0.2) is 0 Å². The number of hydrogen-bond donors (Lipinski definition) is 1. The molecule has 3 heteroatoms. The summed E-state index contributed by atoms with van der Waals surface area (Å²) in [6, 6.07) is 10.2. The molecule has 0 radical (unpaired) electrons. The van der Waals surface area contributed by atoms with E-state index in [1.807, 2.05) is 25.1 Å². The van der Waals surface area contributed by atoms with Gasteiger partial charge in [-0.15, -0.1) is 0 Å².